The van der Waals surface area contributed by atoms with Crippen molar-refractivity contribution in [3.8, 4) is 11.5 Å². The highest BCUT2D eigenvalue weighted by Crippen LogP contribution is 2.30. The van der Waals surface area contributed by atoms with Crippen molar-refractivity contribution in [1.29, 1.82) is 0 Å². The summed E-state index contributed by atoms with van der Waals surface area (Å²) in [6.07, 6.45) is 1.92. The smallest absolute Gasteiger partial charge is 0.243 e. The Morgan fingerprint density at radius 3 is 2.26 bits per heavy atom. The molecule has 0 aromatic heterocycles. The first kappa shape index (κ1) is 25.0. The van der Waals surface area contributed by atoms with Gasteiger partial charge in [0.25, 0.3) is 0 Å². The first-order chi connectivity index (χ1) is 14.7. The van der Waals surface area contributed by atoms with E-state index in [0.717, 1.165) is 14.8 Å². The van der Waals surface area contributed by atoms with Crippen LogP contribution in [0, 0.1) is 0 Å². The highest BCUT2D eigenvalue weighted by atomic mass is 32.2. The minimum absolute atomic E-state index is 0.154. The van der Waals surface area contributed by atoms with Gasteiger partial charge in [0.15, 0.2) is 11.5 Å². The normalized spacial score (nSPS) is 12.5. The molecule has 2 aromatic rings. The first-order valence-corrected chi connectivity index (χ1v) is 12.7. The maximum absolute atomic E-state index is 12.7. The Morgan fingerprint density at radius 1 is 1.06 bits per heavy atom. The van der Waals surface area contributed by atoms with Crippen molar-refractivity contribution in [2.75, 3.05) is 33.1 Å². The number of amides is 1. The minimum Gasteiger partial charge on any atom is -0.490 e. The Labute approximate surface area is 189 Å². The monoisotopic (exact) mass is 466 g/mol. The van der Waals surface area contributed by atoms with Gasteiger partial charge < -0.3 is 14.8 Å². The van der Waals surface area contributed by atoms with Gasteiger partial charge in [-0.25, -0.2) is 8.42 Å². The van der Waals surface area contributed by atoms with Crippen LogP contribution in [-0.4, -0.2) is 51.7 Å². The molecule has 1 amide bonds. The van der Waals surface area contributed by atoms with Crippen LogP contribution in [0.1, 0.15) is 32.4 Å². The summed E-state index contributed by atoms with van der Waals surface area (Å²) in [5.41, 5.74) is 0.832. The van der Waals surface area contributed by atoms with E-state index in [0.29, 0.717) is 24.7 Å². The number of carbonyl (C=O) groups is 1. The third-order valence-corrected chi connectivity index (χ3v) is 7.14. The van der Waals surface area contributed by atoms with Crippen LogP contribution in [0.5, 0.6) is 11.5 Å². The summed E-state index contributed by atoms with van der Waals surface area (Å²) in [7, 11) is -2.36. The van der Waals surface area contributed by atoms with Gasteiger partial charge in [-0.2, -0.15) is 4.31 Å². The lowest BCUT2D eigenvalue weighted by atomic mass is 10.1. The number of sulfonamides is 1. The van der Waals surface area contributed by atoms with Crippen molar-refractivity contribution < 1.29 is 22.7 Å². The molecule has 31 heavy (non-hydrogen) atoms. The Kier molecular flexibility index (Phi) is 9.21. The van der Waals surface area contributed by atoms with Crippen LogP contribution < -0.4 is 14.8 Å². The number of nitrogens with one attached hydrogen (secondary N) is 1. The fourth-order valence-corrected chi connectivity index (χ4v) is 4.46. The molecule has 9 heteroatoms. The maximum atomic E-state index is 12.7. The van der Waals surface area contributed by atoms with E-state index < -0.39 is 15.9 Å². The van der Waals surface area contributed by atoms with E-state index in [4.69, 9.17) is 9.47 Å². The van der Waals surface area contributed by atoms with Gasteiger partial charge in [0.1, 0.15) is 0 Å². The van der Waals surface area contributed by atoms with Crippen molar-refractivity contribution >= 4 is 27.7 Å². The molecule has 0 aliphatic rings. The molecule has 0 saturated carbocycles. The Hall–Kier alpha value is -2.23. The molecule has 0 heterocycles. The molecule has 2 rings (SSSR count). The van der Waals surface area contributed by atoms with E-state index in [1.54, 1.807) is 30.3 Å². The molecule has 0 aliphatic carbocycles. The standard InChI is InChI=1S/C22H30N2O5S2/c1-6-28-20-13-8-17(14-21(20)29-7-2)16(3)23-22(25)15-24(4)31(26,27)19-11-9-18(30-5)10-12-19/h8-14,16H,6-7,15H2,1-5H3,(H,23,25)/t16-/m1/s1. The number of hydrogen-bond donors (Lipinski definition) is 1. The predicted octanol–water partition coefficient (Wildman–Crippen LogP) is 3.70. The SMILES string of the molecule is CCOc1ccc([C@@H](C)NC(=O)CN(C)S(=O)(=O)c2ccc(SC)cc2)cc1OCC. The zero-order chi connectivity index (χ0) is 23.0. The minimum atomic E-state index is -3.76. The second-order valence-corrected chi connectivity index (χ2v) is 9.72. The van der Waals surface area contributed by atoms with Crippen LogP contribution in [0.25, 0.3) is 0 Å². The van der Waals surface area contributed by atoms with Crippen LogP contribution in [0.4, 0.5) is 0 Å². The van der Waals surface area contributed by atoms with E-state index in [1.165, 1.54) is 18.8 Å². The van der Waals surface area contributed by atoms with Gasteiger partial charge in [-0.05, 0) is 69.0 Å². The van der Waals surface area contributed by atoms with Crippen molar-refractivity contribution in [3.05, 3.63) is 48.0 Å². The average Bonchev–Trinajstić information content (AvgIpc) is 2.75. The third-order valence-electron chi connectivity index (χ3n) is 4.58. The summed E-state index contributed by atoms with van der Waals surface area (Å²) >= 11 is 1.53. The number of likely N-dealkylation sites (N-methyl/N-ethyl adjacent to an activating group) is 1. The van der Waals surface area contributed by atoms with Crippen LogP contribution in [-0.2, 0) is 14.8 Å². The molecular weight excluding hydrogens is 436 g/mol. The molecule has 0 aliphatic heterocycles. The lowest BCUT2D eigenvalue weighted by Crippen LogP contribution is -2.39. The van der Waals surface area contributed by atoms with Crippen molar-refractivity contribution in [1.82, 2.24) is 9.62 Å². The number of rotatable bonds is 11. The second-order valence-electron chi connectivity index (χ2n) is 6.80. The number of benzene rings is 2. The molecule has 0 radical (unpaired) electrons. The number of hydrogen-bond acceptors (Lipinski definition) is 6. The largest absolute Gasteiger partial charge is 0.490 e. The zero-order valence-electron chi connectivity index (χ0n) is 18.5. The Morgan fingerprint density at radius 2 is 1.68 bits per heavy atom. The van der Waals surface area contributed by atoms with E-state index in [9.17, 15) is 13.2 Å². The second kappa shape index (κ2) is 11.4. The lowest BCUT2D eigenvalue weighted by molar-refractivity contribution is -0.121. The topological polar surface area (TPSA) is 84.9 Å². The molecule has 0 spiro atoms. The van der Waals surface area contributed by atoms with Gasteiger partial charge in [-0.3, -0.25) is 4.79 Å². The van der Waals surface area contributed by atoms with E-state index in [-0.39, 0.29) is 17.5 Å². The Bertz CT molecular complexity index is 978. The van der Waals surface area contributed by atoms with Crippen molar-refractivity contribution in [3.63, 3.8) is 0 Å². The lowest BCUT2D eigenvalue weighted by Gasteiger charge is -2.20. The van der Waals surface area contributed by atoms with Gasteiger partial charge in [-0.15, -0.1) is 11.8 Å². The molecule has 0 bridgehead atoms. The molecule has 1 atom stereocenters. The molecule has 0 unspecified atom stereocenters. The fourth-order valence-electron chi connectivity index (χ4n) is 2.92. The van der Waals surface area contributed by atoms with Gasteiger partial charge in [0.05, 0.1) is 30.7 Å². The molecular formula is C22H30N2O5S2. The number of thioether (sulfide) groups is 1. The number of nitrogens with zero attached hydrogens (tertiary/aromatic N) is 1. The Balaban J connectivity index is 2.06. The average molecular weight is 467 g/mol. The van der Waals surface area contributed by atoms with E-state index >= 15 is 0 Å². The van der Waals surface area contributed by atoms with Gasteiger partial charge in [-0.1, -0.05) is 6.07 Å². The fraction of sp³-hybridized carbons (Fsp3) is 0.409. The van der Waals surface area contributed by atoms with Gasteiger partial charge in [0, 0.05) is 11.9 Å². The number of ether oxygens (including phenoxy) is 2. The highest BCUT2D eigenvalue weighted by Gasteiger charge is 2.24. The summed E-state index contributed by atoms with van der Waals surface area (Å²) < 4.78 is 37.7. The molecule has 1 N–H and O–H groups in total. The quantitative estimate of drug-likeness (QED) is 0.508. The summed E-state index contributed by atoms with van der Waals surface area (Å²) in [5, 5.41) is 2.84. The van der Waals surface area contributed by atoms with Crippen molar-refractivity contribution in [2.45, 2.75) is 36.6 Å². The van der Waals surface area contributed by atoms with Crippen molar-refractivity contribution in [2.24, 2.45) is 0 Å². The molecule has 0 saturated heterocycles. The first-order valence-electron chi connectivity index (χ1n) is 10.0. The molecule has 0 fully saturated rings. The number of carbonyl (C=O) groups excluding carboxylic acids is 1. The van der Waals surface area contributed by atoms with E-state index in [2.05, 4.69) is 5.32 Å². The van der Waals surface area contributed by atoms with Gasteiger partial charge >= 0.3 is 0 Å². The van der Waals surface area contributed by atoms with Crippen LogP contribution in [0.15, 0.2) is 52.3 Å². The van der Waals surface area contributed by atoms with Crippen LogP contribution in [0.2, 0.25) is 0 Å². The van der Waals surface area contributed by atoms with Gasteiger partial charge in [0.2, 0.25) is 15.9 Å². The molecule has 170 valence electrons. The van der Waals surface area contributed by atoms with E-state index in [1.807, 2.05) is 39.2 Å². The molecule has 2 aromatic carbocycles. The summed E-state index contributed by atoms with van der Waals surface area (Å²) in [5.74, 6) is 0.854. The zero-order valence-corrected chi connectivity index (χ0v) is 20.2. The predicted molar refractivity (Wildman–Crippen MR) is 123 cm³/mol. The maximum Gasteiger partial charge on any atom is 0.243 e. The summed E-state index contributed by atoms with van der Waals surface area (Å²) in [4.78, 5) is 13.6. The van der Waals surface area contributed by atoms with Crippen LogP contribution in [0.3, 0.4) is 0 Å². The summed E-state index contributed by atoms with van der Waals surface area (Å²) in [6, 6.07) is 11.7. The highest BCUT2D eigenvalue weighted by molar-refractivity contribution is 7.98. The molecule has 7 nitrogen and oxygen atoms in total. The third kappa shape index (κ3) is 6.62. The van der Waals surface area contributed by atoms with Crippen LogP contribution >= 0.6 is 11.8 Å². The summed E-state index contributed by atoms with van der Waals surface area (Å²) in [6.45, 7) is 6.34.